The maximum Gasteiger partial charge on any atom is 0.227 e. The standard InChI is InChI=1S/C15H18IN3/c1-9(2)12-5-6-14(13(16)8-12)19-15-17-10(3)7-11(4)18-15/h5-9H,1-4H3,(H,17,18,19). The number of anilines is 2. The second kappa shape index (κ2) is 5.86. The quantitative estimate of drug-likeness (QED) is 0.808. The second-order valence-corrected chi connectivity index (χ2v) is 6.16. The van der Waals surface area contributed by atoms with Crippen LogP contribution in [-0.2, 0) is 0 Å². The normalized spacial score (nSPS) is 10.8. The number of hydrogen-bond acceptors (Lipinski definition) is 3. The van der Waals surface area contributed by atoms with E-state index in [1.807, 2.05) is 19.9 Å². The van der Waals surface area contributed by atoms with Crippen LogP contribution in [0.25, 0.3) is 0 Å². The van der Waals surface area contributed by atoms with Gasteiger partial charge in [-0.25, -0.2) is 9.97 Å². The molecule has 0 unspecified atom stereocenters. The number of hydrogen-bond donors (Lipinski definition) is 1. The van der Waals surface area contributed by atoms with Gasteiger partial charge in [0.15, 0.2) is 0 Å². The summed E-state index contributed by atoms with van der Waals surface area (Å²) in [7, 11) is 0. The van der Waals surface area contributed by atoms with E-state index in [0.717, 1.165) is 17.1 Å². The van der Waals surface area contributed by atoms with Gasteiger partial charge in [0.25, 0.3) is 0 Å². The molecule has 19 heavy (non-hydrogen) atoms. The van der Waals surface area contributed by atoms with Gasteiger partial charge < -0.3 is 5.32 Å². The number of benzene rings is 1. The maximum absolute atomic E-state index is 4.40. The minimum Gasteiger partial charge on any atom is -0.323 e. The van der Waals surface area contributed by atoms with Gasteiger partial charge in [-0.15, -0.1) is 0 Å². The summed E-state index contributed by atoms with van der Waals surface area (Å²) in [4.78, 5) is 8.80. The molecule has 0 amide bonds. The zero-order chi connectivity index (χ0) is 14.0. The molecule has 0 saturated heterocycles. The summed E-state index contributed by atoms with van der Waals surface area (Å²) in [5, 5.41) is 3.29. The molecule has 0 spiro atoms. The number of aryl methyl sites for hydroxylation is 2. The SMILES string of the molecule is Cc1cc(C)nc(Nc2ccc(C(C)C)cc2I)n1. The number of nitrogens with zero attached hydrogens (tertiary/aromatic N) is 2. The van der Waals surface area contributed by atoms with Crippen LogP contribution in [0.5, 0.6) is 0 Å². The van der Waals surface area contributed by atoms with Crippen LogP contribution in [0.4, 0.5) is 11.6 Å². The number of rotatable bonds is 3. The van der Waals surface area contributed by atoms with Crippen LogP contribution in [0, 0.1) is 17.4 Å². The van der Waals surface area contributed by atoms with Crippen molar-refractivity contribution in [3.8, 4) is 0 Å². The molecule has 1 N–H and O–H groups in total. The van der Waals surface area contributed by atoms with Crippen molar-refractivity contribution in [2.75, 3.05) is 5.32 Å². The molecular formula is C15H18IN3. The molecule has 0 bridgehead atoms. The summed E-state index contributed by atoms with van der Waals surface area (Å²) < 4.78 is 1.19. The van der Waals surface area contributed by atoms with Crippen molar-refractivity contribution in [3.63, 3.8) is 0 Å². The van der Waals surface area contributed by atoms with Crippen LogP contribution in [0.3, 0.4) is 0 Å². The van der Waals surface area contributed by atoms with Gasteiger partial charge in [-0.2, -0.15) is 0 Å². The monoisotopic (exact) mass is 367 g/mol. The molecule has 0 aliphatic heterocycles. The van der Waals surface area contributed by atoms with E-state index >= 15 is 0 Å². The molecule has 2 aromatic rings. The van der Waals surface area contributed by atoms with E-state index in [0.29, 0.717) is 11.9 Å². The Morgan fingerprint density at radius 3 is 2.21 bits per heavy atom. The first-order chi connectivity index (χ1) is 8.95. The highest BCUT2D eigenvalue weighted by Gasteiger charge is 2.06. The molecule has 0 radical (unpaired) electrons. The third-order valence-corrected chi connectivity index (χ3v) is 3.78. The van der Waals surface area contributed by atoms with Gasteiger partial charge in [-0.05, 0) is 66.1 Å². The first-order valence-corrected chi connectivity index (χ1v) is 7.42. The van der Waals surface area contributed by atoms with Crippen LogP contribution < -0.4 is 5.32 Å². The van der Waals surface area contributed by atoms with Crippen LogP contribution >= 0.6 is 22.6 Å². The fourth-order valence-corrected chi connectivity index (χ4v) is 2.57. The summed E-state index contributed by atoms with van der Waals surface area (Å²) in [6.45, 7) is 8.36. The van der Waals surface area contributed by atoms with Crippen molar-refractivity contribution in [2.24, 2.45) is 0 Å². The molecule has 1 aromatic carbocycles. The molecular weight excluding hydrogens is 349 g/mol. The summed E-state index contributed by atoms with van der Waals surface area (Å²) in [5.74, 6) is 1.20. The lowest BCUT2D eigenvalue weighted by molar-refractivity contribution is 0.866. The Bertz CT molecular complexity index is 574. The lowest BCUT2D eigenvalue weighted by atomic mass is 10.0. The largest absolute Gasteiger partial charge is 0.323 e. The summed E-state index contributed by atoms with van der Waals surface area (Å²) >= 11 is 2.35. The molecule has 0 aliphatic carbocycles. The van der Waals surface area contributed by atoms with Crippen molar-refractivity contribution in [2.45, 2.75) is 33.6 Å². The zero-order valence-electron chi connectivity index (χ0n) is 11.7. The average Bonchev–Trinajstić information content (AvgIpc) is 2.30. The predicted octanol–water partition coefficient (Wildman–Crippen LogP) is 4.57. The van der Waals surface area contributed by atoms with Gasteiger partial charge in [0, 0.05) is 15.0 Å². The minimum absolute atomic E-state index is 0.542. The number of halogens is 1. The first kappa shape index (κ1) is 14.2. The highest BCUT2D eigenvalue weighted by Crippen LogP contribution is 2.25. The third-order valence-electron chi connectivity index (χ3n) is 2.89. The van der Waals surface area contributed by atoms with E-state index in [9.17, 15) is 0 Å². The van der Waals surface area contributed by atoms with Crippen molar-refractivity contribution in [1.82, 2.24) is 9.97 Å². The van der Waals surface area contributed by atoms with Crippen LogP contribution in [0.15, 0.2) is 24.3 Å². The fraction of sp³-hybridized carbons (Fsp3) is 0.333. The number of aromatic nitrogens is 2. The van der Waals surface area contributed by atoms with Gasteiger partial charge in [-0.1, -0.05) is 19.9 Å². The minimum atomic E-state index is 0.542. The molecule has 100 valence electrons. The topological polar surface area (TPSA) is 37.8 Å². The molecule has 0 aliphatic rings. The van der Waals surface area contributed by atoms with Crippen molar-refractivity contribution in [3.05, 3.63) is 44.8 Å². The van der Waals surface area contributed by atoms with Crippen LogP contribution in [-0.4, -0.2) is 9.97 Å². The number of nitrogens with one attached hydrogen (secondary N) is 1. The Balaban J connectivity index is 2.28. The summed E-state index contributed by atoms with van der Waals surface area (Å²) in [5.41, 5.74) is 4.35. The maximum atomic E-state index is 4.40. The van der Waals surface area contributed by atoms with E-state index in [1.165, 1.54) is 9.13 Å². The van der Waals surface area contributed by atoms with Crippen molar-refractivity contribution >= 4 is 34.2 Å². The Hall–Kier alpha value is -1.17. The molecule has 2 rings (SSSR count). The molecule has 4 heteroatoms. The molecule has 1 aromatic heterocycles. The van der Waals surface area contributed by atoms with E-state index in [1.54, 1.807) is 0 Å². The molecule has 1 heterocycles. The van der Waals surface area contributed by atoms with Crippen LogP contribution in [0.1, 0.15) is 36.7 Å². The van der Waals surface area contributed by atoms with Gasteiger partial charge in [0.05, 0.1) is 5.69 Å². The third kappa shape index (κ3) is 3.65. The molecule has 0 saturated carbocycles. The van der Waals surface area contributed by atoms with Crippen molar-refractivity contribution in [1.29, 1.82) is 0 Å². The summed E-state index contributed by atoms with van der Waals surface area (Å²) in [6.07, 6.45) is 0. The average molecular weight is 367 g/mol. The van der Waals surface area contributed by atoms with Crippen molar-refractivity contribution < 1.29 is 0 Å². The Morgan fingerprint density at radius 2 is 1.68 bits per heavy atom. The zero-order valence-corrected chi connectivity index (χ0v) is 13.8. The summed E-state index contributed by atoms with van der Waals surface area (Å²) in [6, 6.07) is 8.42. The Labute approximate surface area is 128 Å². The Kier molecular flexibility index (Phi) is 4.39. The fourth-order valence-electron chi connectivity index (χ4n) is 1.89. The lowest BCUT2D eigenvalue weighted by Gasteiger charge is -2.11. The van der Waals surface area contributed by atoms with E-state index < -0.39 is 0 Å². The molecule has 3 nitrogen and oxygen atoms in total. The first-order valence-electron chi connectivity index (χ1n) is 6.34. The molecule has 0 fully saturated rings. The smallest absolute Gasteiger partial charge is 0.227 e. The van der Waals surface area contributed by atoms with E-state index in [-0.39, 0.29) is 0 Å². The predicted molar refractivity (Wildman–Crippen MR) is 88.0 cm³/mol. The van der Waals surface area contributed by atoms with Gasteiger partial charge in [0.1, 0.15) is 0 Å². The highest BCUT2D eigenvalue weighted by molar-refractivity contribution is 14.1. The highest BCUT2D eigenvalue weighted by atomic mass is 127. The van der Waals surface area contributed by atoms with Gasteiger partial charge >= 0.3 is 0 Å². The Morgan fingerprint density at radius 1 is 1.05 bits per heavy atom. The van der Waals surface area contributed by atoms with Gasteiger partial charge in [-0.3, -0.25) is 0 Å². The van der Waals surface area contributed by atoms with E-state index in [4.69, 9.17) is 0 Å². The van der Waals surface area contributed by atoms with Gasteiger partial charge in [0.2, 0.25) is 5.95 Å². The lowest BCUT2D eigenvalue weighted by Crippen LogP contribution is -2.02. The van der Waals surface area contributed by atoms with Crippen LogP contribution in [0.2, 0.25) is 0 Å². The van der Waals surface area contributed by atoms with E-state index in [2.05, 4.69) is 69.9 Å². The second-order valence-electron chi connectivity index (χ2n) is 4.99. The molecule has 0 atom stereocenters.